The van der Waals surface area contributed by atoms with E-state index in [1.54, 1.807) is 17.8 Å². The SMILES string of the molecule is Cc1cccc(COc2cccc(-c3nc(C(=O)NCc4cccnc4)cs3)c2)c1. The van der Waals surface area contributed by atoms with Crippen molar-refractivity contribution in [3.63, 3.8) is 0 Å². The summed E-state index contributed by atoms with van der Waals surface area (Å²) in [6, 6.07) is 19.8. The van der Waals surface area contributed by atoms with E-state index < -0.39 is 0 Å². The van der Waals surface area contributed by atoms with Crippen LogP contribution in [0.25, 0.3) is 10.6 Å². The topological polar surface area (TPSA) is 64.1 Å². The smallest absolute Gasteiger partial charge is 0.271 e. The van der Waals surface area contributed by atoms with Gasteiger partial charge in [-0.3, -0.25) is 9.78 Å². The molecule has 1 amide bonds. The fraction of sp³-hybridized carbons (Fsp3) is 0.125. The van der Waals surface area contributed by atoms with Crippen LogP contribution in [-0.4, -0.2) is 15.9 Å². The Morgan fingerprint density at radius 1 is 1.07 bits per heavy atom. The van der Waals surface area contributed by atoms with E-state index in [0.717, 1.165) is 27.4 Å². The number of hydrogen-bond donors (Lipinski definition) is 1. The minimum atomic E-state index is -0.201. The van der Waals surface area contributed by atoms with Crippen LogP contribution in [0.4, 0.5) is 0 Å². The van der Waals surface area contributed by atoms with Crippen LogP contribution < -0.4 is 10.1 Å². The van der Waals surface area contributed by atoms with Gasteiger partial charge in [0.15, 0.2) is 0 Å². The number of pyridine rings is 1. The molecule has 0 aliphatic heterocycles. The first-order valence-electron chi connectivity index (χ1n) is 9.59. The van der Waals surface area contributed by atoms with Gasteiger partial charge in [0.1, 0.15) is 23.1 Å². The summed E-state index contributed by atoms with van der Waals surface area (Å²) in [5, 5.41) is 5.43. The standard InChI is InChI=1S/C24H21N3O2S/c1-17-5-2-6-18(11-17)15-29-21-9-3-8-20(12-21)24-27-22(16-30-24)23(28)26-14-19-7-4-10-25-13-19/h2-13,16H,14-15H2,1H3,(H,26,28). The number of rotatable bonds is 7. The lowest BCUT2D eigenvalue weighted by atomic mass is 10.1. The van der Waals surface area contributed by atoms with Gasteiger partial charge in [0.05, 0.1) is 0 Å². The second-order valence-electron chi connectivity index (χ2n) is 6.89. The molecule has 4 rings (SSSR count). The van der Waals surface area contributed by atoms with Gasteiger partial charge in [-0.15, -0.1) is 11.3 Å². The van der Waals surface area contributed by atoms with E-state index in [1.165, 1.54) is 16.9 Å². The number of nitrogens with one attached hydrogen (secondary N) is 1. The third-order valence-corrected chi connectivity index (χ3v) is 5.37. The minimum absolute atomic E-state index is 0.201. The summed E-state index contributed by atoms with van der Waals surface area (Å²) >= 11 is 1.44. The maximum atomic E-state index is 12.4. The maximum absolute atomic E-state index is 12.4. The Balaban J connectivity index is 1.40. The highest BCUT2D eigenvalue weighted by molar-refractivity contribution is 7.13. The predicted molar refractivity (Wildman–Crippen MR) is 118 cm³/mol. The number of benzene rings is 2. The Labute approximate surface area is 179 Å². The van der Waals surface area contributed by atoms with Crippen molar-refractivity contribution in [3.8, 4) is 16.3 Å². The average Bonchev–Trinajstić information content (AvgIpc) is 3.28. The van der Waals surface area contributed by atoms with Gasteiger partial charge in [0, 0.05) is 29.9 Å². The first-order chi connectivity index (χ1) is 14.7. The number of nitrogens with zero attached hydrogens (tertiary/aromatic N) is 2. The number of aryl methyl sites for hydroxylation is 1. The fourth-order valence-corrected chi connectivity index (χ4v) is 3.77. The lowest BCUT2D eigenvalue weighted by molar-refractivity contribution is 0.0946. The molecule has 0 radical (unpaired) electrons. The Morgan fingerprint density at radius 2 is 1.93 bits per heavy atom. The second kappa shape index (κ2) is 9.33. The number of ether oxygens (including phenoxy) is 1. The molecule has 0 atom stereocenters. The van der Waals surface area contributed by atoms with E-state index in [2.05, 4.69) is 34.3 Å². The zero-order valence-electron chi connectivity index (χ0n) is 16.5. The lowest BCUT2D eigenvalue weighted by Crippen LogP contribution is -2.23. The number of amides is 1. The van der Waals surface area contributed by atoms with Crippen LogP contribution in [0.15, 0.2) is 78.4 Å². The summed E-state index contributed by atoms with van der Waals surface area (Å²) in [7, 11) is 0. The van der Waals surface area contributed by atoms with Gasteiger partial charge in [0.2, 0.25) is 0 Å². The normalized spacial score (nSPS) is 10.6. The van der Waals surface area contributed by atoms with Crippen molar-refractivity contribution in [2.75, 3.05) is 0 Å². The van der Waals surface area contributed by atoms with E-state index >= 15 is 0 Å². The highest BCUT2D eigenvalue weighted by Crippen LogP contribution is 2.27. The average molecular weight is 416 g/mol. The van der Waals surface area contributed by atoms with Crippen molar-refractivity contribution in [2.24, 2.45) is 0 Å². The largest absolute Gasteiger partial charge is 0.489 e. The Kier molecular flexibility index (Phi) is 6.15. The monoisotopic (exact) mass is 415 g/mol. The van der Waals surface area contributed by atoms with Crippen LogP contribution in [0.1, 0.15) is 27.2 Å². The van der Waals surface area contributed by atoms with Crippen LogP contribution >= 0.6 is 11.3 Å². The van der Waals surface area contributed by atoms with Gasteiger partial charge >= 0.3 is 0 Å². The number of carbonyl (C=O) groups excluding carboxylic acids is 1. The Hall–Kier alpha value is -3.51. The molecule has 0 saturated carbocycles. The van der Waals surface area contributed by atoms with E-state index in [-0.39, 0.29) is 5.91 Å². The molecular formula is C24H21N3O2S. The number of carbonyl (C=O) groups is 1. The highest BCUT2D eigenvalue weighted by Gasteiger charge is 2.12. The molecule has 0 fully saturated rings. The van der Waals surface area contributed by atoms with Crippen LogP contribution in [0.2, 0.25) is 0 Å². The zero-order chi connectivity index (χ0) is 20.8. The van der Waals surface area contributed by atoms with Crippen molar-refractivity contribution in [3.05, 3.63) is 101 Å². The van der Waals surface area contributed by atoms with Crippen LogP contribution in [0.5, 0.6) is 5.75 Å². The Bertz CT molecular complexity index is 1140. The molecule has 6 heteroatoms. The van der Waals surface area contributed by atoms with Crippen molar-refractivity contribution in [2.45, 2.75) is 20.1 Å². The first kappa shape index (κ1) is 19.8. The van der Waals surface area contributed by atoms with E-state index in [9.17, 15) is 4.79 Å². The van der Waals surface area contributed by atoms with Gasteiger partial charge in [-0.2, -0.15) is 0 Å². The van der Waals surface area contributed by atoms with Gasteiger partial charge < -0.3 is 10.1 Å². The molecule has 2 heterocycles. The Morgan fingerprint density at radius 3 is 2.77 bits per heavy atom. The molecule has 5 nitrogen and oxygen atoms in total. The maximum Gasteiger partial charge on any atom is 0.271 e. The van der Waals surface area contributed by atoms with Crippen molar-refractivity contribution in [1.82, 2.24) is 15.3 Å². The van der Waals surface area contributed by atoms with Crippen LogP contribution in [0, 0.1) is 6.92 Å². The molecule has 2 aromatic carbocycles. The second-order valence-corrected chi connectivity index (χ2v) is 7.75. The molecule has 4 aromatic rings. The highest BCUT2D eigenvalue weighted by atomic mass is 32.1. The number of hydrogen-bond acceptors (Lipinski definition) is 5. The molecule has 1 N–H and O–H groups in total. The third kappa shape index (κ3) is 5.10. The first-order valence-corrected chi connectivity index (χ1v) is 10.5. The fourth-order valence-electron chi connectivity index (χ4n) is 2.97. The van der Waals surface area contributed by atoms with E-state index in [0.29, 0.717) is 18.8 Å². The van der Waals surface area contributed by atoms with Gasteiger partial charge in [-0.1, -0.05) is 48.0 Å². The number of thiazole rings is 1. The van der Waals surface area contributed by atoms with Crippen LogP contribution in [-0.2, 0) is 13.2 Å². The summed E-state index contributed by atoms with van der Waals surface area (Å²) < 4.78 is 5.94. The van der Waals surface area contributed by atoms with Gasteiger partial charge in [-0.25, -0.2) is 4.98 Å². The molecule has 0 bridgehead atoms. The quantitative estimate of drug-likeness (QED) is 0.460. The molecular weight excluding hydrogens is 394 g/mol. The summed E-state index contributed by atoms with van der Waals surface area (Å²) in [4.78, 5) is 21.0. The van der Waals surface area contributed by atoms with E-state index in [4.69, 9.17) is 4.74 Å². The molecule has 0 aliphatic carbocycles. The summed E-state index contributed by atoms with van der Waals surface area (Å²) in [5.74, 6) is 0.569. The molecule has 0 saturated heterocycles. The number of aromatic nitrogens is 2. The van der Waals surface area contributed by atoms with Crippen LogP contribution in [0.3, 0.4) is 0 Å². The summed E-state index contributed by atoms with van der Waals surface area (Å²) in [6.07, 6.45) is 3.44. The molecule has 0 aliphatic rings. The molecule has 30 heavy (non-hydrogen) atoms. The molecule has 0 spiro atoms. The zero-order valence-corrected chi connectivity index (χ0v) is 17.4. The third-order valence-electron chi connectivity index (χ3n) is 4.48. The van der Waals surface area contributed by atoms with Crippen molar-refractivity contribution in [1.29, 1.82) is 0 Å². The molecule has 150 valence electrons. The summed E-state index contributed by atoms with van der Waals surface area (Å²) in [5.41, 5.74) is 4.61. The van der Waals surface area contributed by atoms with Gasteiger partial charge in [-0.05, 0) is 36.2 Å². The molecule has 0 unspecified atom stereocenters. The van der Waals surface area contributed by atoms with Gasteiger partial charge in [0.25, 0.3) is 5.91 Å². The lowest BCUT2D eigenvalue weighted by Gasteiger charge is -2.08. The minimum Gasteiger partial charge on any atom is -0.489 e. The van der Waals surface area contributed by atoms with E-state index in [1.807, 2.05) is 48.5 Å². The molecule has 2 aromatic heterocycles. The van der Waals surface area contributed by atoms with Crippen molar-refractivity contribution < 1.29 is 9.53 Å². The summed E-state index contributed by atoms with van der Waals surface area (Å²) in [6.45, 7) is 2.99. The predicted octanol–water partition coefficient (Wildman–Crippen LogP) is 5.02. The van der Waals surface area contributed by atoms with Crippen molar-refractivity contribution >= 4 is 17.2 Å².